The van der Waals surface area contributed by atoms with Crippen molar-refractivity contribution in [2.45, 2.75) is 57.9 Å². The molecule has 27 heavy (non-hydrogen) atoms. The summed E-state index contributed by atoms with van der Waals surface area (Å²) in [5.41, 5.74) is 6.01. The number of fused-ring (bicyclic) bond motifs is 1. The molecule has 1 aliphatic heterocycles. The summed E-state index contributed by atoms with van der Waals surface area (Å²) in [4.78, 5) is 15.2. The standard InChI is InChI=1S/C24H30N2O/c1-18(19-11-13-23(14-12-19)26-15-5-2-6-16-26)25-24(27)22-10-9-20-7-3-4-8-21(20)17-22/h9-14,17-18H,2-8,15-16H2,1H3,(H,25,27). The number of rotatable bonds is 4. The maximum absolute atomic E-state index is 12.7. The Balaban J connectivity index is 1.40. The van der Waals surface area contributed by atoms with Gasteiger partial charge in [0.15, 0.2) is 0 Å². The number of carbonyl (C=O) groups excluding carboxylic acids is 1. The van der Waals surface area contributed by atoms with E-state index in [1.54, 1.807) is 0 Å². The maximum atomic E-state index is 12.7. The second-order valence-electron chi connectivity index (χ2n) is 8.02. The summed E-state index contributed by atoms with van der Waals surface area (Å²) >= 11 is 0. The second-order valence-corrected chi connectivity index (χ2v) is 8.02. The molecular weight excluding hydrogens is 332 g/mol. The average molecular weight is 363 g/mol. The minimum atomic E-state index is 0.00365. The van der Waals surface area contributed by atoms with Gasteiger partial charge in [-0.3, -0.25) is 4.79 Å². The number of benzene rings is 2. The van der Waals surface area contributed by atoms with Gasteiger partial charge in [0.2, 0.25) is 0 Å². The highest BCUT2D eigenvalue weighted by Crippen LogP contribution is 2.24. The van der Waals surface area contributed by atoms with Crippen LogP contribution in [0.3, 0.4) is 0 Å². The monoisotopic (exact) mass is 362 g/mol. The molecule has 0 bridgehead atoms. The smallest absolute Gasteiger partial charge is 0.251 e. The highest BCUT2D eigenvalue weighted by Gasteiger charge is 2.16. The van der Waals surface area contributed by atoms with Crippen LogP contribution < -0.4 is 10.2 Å². The largest absolute Gasteiger partial charge is 0.372 e. The van der Waals surface area contributed by atoms with Crippen LogP contribution in [-0.4, -0.2) is 19.0 Å². The first-order chi connectivity index (χ1) is 13.2. The Morgan fingerprint density at radius 1 is 0.889 bits per heavy atom. The Morgan fingerprint density at radius 2 is 1.59 bits per heavy atom. The van der Waals surface area contributed by atoms with E-state index in [1.165, 1.54) is 48.9 Å². The van der Waals surface area contributed by atoms with Gasteiger partial charge in [-0.05, 0) is 92.8 Å². The molecule has 0 saturated carbocycles. The summed E-state index contributed by atoms with van der Waals surface area (Å²) < 4.78 is 0. The normalized spacial score (nSPS) is 17.9. The number of piperidine rings is 1. The number of nitrogens with zero attached hydrogens (tertiary/aromatic N) is 1. The van der Waals surface area contributed by atoms with Crippen LogP contribution in [0.5, 0.6) is 0 Å². The van der Waals surface area contributed by atoms with E-state index >= 15 is 0 Å². The number of hydrogen-bond acceptors (Lipinski definition) is 2. The van der Waals surface area contributed by atoms with Gasteiger partial charge in [-0.15, -0.1) is 0 Å². The molecule has 2 aromatic rings. The number of hydrogen-bond donors (Lipinski definition) is 1. The molecule has 3 heteroatoms. The Hall–Kier alpha value is -2.29. The minimum Gasteiger partial charge on any atom is -0.372 e. The van der Waals surface area contributed by atoms with Crippen LogP contribution in [-0.2, 0) is 12.8 Å². The first-order valence-electron chi connectivity index (χ1n) is 10.5. The topological polar surface area (TPSA) is 32.3 Å². The third kappa shape index (κ3) is 4.18. The summed E-state index contributed by atoms with van der Waals surface area (Å²) in [5, 5.41) is 3.17. The van der Waals surface area contributed by atoms with Gasteiger partial charge < -0.3 is 10.2 Å². The van der Waals surface area contributed by atoms with Crippen molar-refractivity contribution in [1.29, 1.82) is 0 Å². The molecule has 0 spiro atoms. The summed E-state index contributed by atoms with van der Waals surface area (Å²) in [6.45, 7) is 4.38. The third-order valence-electron chi connectivity index (χ3n) is 6.07. The van der Waals surface area contributed by atoms with Crippen LogP contribution in [0, 0.1) is 0 Å². The van der Waals surface area contributed by atoms with E-state index in [4.69, 9.17) is 0 Å². The molecule has 1 atom stereocenters. The van der Waals surface area contributed by atoms with E-state index in [0.717, 1.165) is 37.1 Å². The van der Waals surface area contributed by atoms with Crippen molar-refractivity contribution < 1.29 is 4.79 Å². The zero-order valence-electron chi connectivity index (χ0n) is 16.3. The zero-order valence-corrected chi connectivity index (χ0v) is 16.3. The lowest BCUT2D eigenvalue weighted by Crippen LogP contribution is -2.29. The molecular formula is C24H30N2O. The molecule has 1 N–H and O–H groups in total. The summed E-state index contributed by atoms with van der Waals surface area (Å²) in [6, 6.07) is 14.9. The molecule has 2 aliphatic rings. The Kier molecular flexibility index (Phi) is 5.47. The van der Waals surface area contributed by atoms with E-state index in [-0.39, 0.29) is 11.9 Å². The zero-order chi connectivity index (χ0) is 18.6. The first kappa shape index (κ1) is 18.1. The van der Waals surface area contributed by atoms with Gasteiger partial charge in [0.25, 0.3) is 5.91 Å². The van der Waals surface area contributed by atoms with Gasteiger partial charge >= 0.3 is 0 Å². The molecule has 4 rings (SSSR count). The van der Waals surface area contributed by atoms with E-state index in [0.29, 0.717) is 0 Å². The molecule has 1 unspecified atom stereocenters. The Labute approximate surface area is 162 Å². The molecule has 1 heterocycles. The number of aryl methyl sites for hydroxylation is 2. The van der Waals surface area contributed by atoms with Crippen molar-refractivity contribution in [2.75, 3.05) is 18.0 Å². The van der Waals surface area contributed by atoms with Gasteiger partial charge in [0, 0.05) is 24.3 Å². The van der Waals surface area contributed by atoms with Gasteiger partial charge in [-0.25, -0.2) is 0 Å². The molecule has 0 radical (unpaired) electrons. The number of carbonyl (C=O) groups is 1. The number of amides is 1. The molecule has 142 valence electrons. The highest BCUT2D eigenvalue weighted by atomic mass is 16.1. The van der Waals surface area contributed by atoms with Crippen LogP contribution in [0.1, 0.15) is 72.1 Å². The number of anilines is 1. The molecule has 1 fully saturated rings. The third-order valence-corrected chi connectivity index (χ3v) is 6.07. The summed E-state index contributed by atoms with van der Waals surface area (Å²) in [7, 11) is 0. The fraction of sp³-hybridized carbons (Fsp3) is 0.458. The van der Waals surface area contributed by atoms with Crippen LogP contribution in [0.15, 0.2) is 42.5 Å². The summed E-state index contributed by atoms with van der Waals surface area (Å²) in [5.74, 6) is 0.0241. The molecule has 3 nitrogen and oxygen atoms in total. The average Bonchev–Trinajstić information content (AvgIpc) is 2.74. The predicted molar refractivity (Wildman–Crippen MR) is 111 cm³/mol. The van der Waals surface area contributed by atoms with E-state index < -0.39 is 0 Å². The van der Waals surface area contributed by atoms with Crippen molar-refractivity contribution in [3.05, 3.63) is 64.7 Å². The van der Waals surface area contributed by atoms with Crippen LogP contribution in [0.4, 0.5) is 5.69 Å². The van der Waals surface area contributed by atoms with Gasteiger partial charge in [-0.2, -0.15) is 0 Å². The van der Waals surface area contributed by atoms with Crippen molar-refractivity contribution in [3.8, 4) is 0 Å². The lowest BCUT2D eigenvalue weighted by Gasteiger charge is -2.29. The fourth-order valence-corrected chi connectivity index (χ4v) is 4.36. The van der Waals surface area contributed by atoms with Crippen molar-refractivity contribution >= 4 is 11.6 Å². The lowest BCUT2D eigenvalue weighted by atomic mass is 9.90. The van der Waals surface area contributed by atoms with Crippen LogP contribution >= 0.6 is 0 Å². The van der Waals surface area contributed by atoms with Crippen LogP contribution in [0.25, 0.3) is 0 Å². The van der Waals surface area contributed by atoms with Gasteiger partial charge in [0.05, 0.1) is 6.04 Å². The number of nitrogens with one attached hydrogen (secondary N) is 1. The van der Waals surface area contributed by atoms with E-state index in [1.807, 2.05) is 6.07 Å². The van der Waals surface area contributed by atoms with E-state index in [9.17, 15) is 4.79 Å². The molecule has 0 aromatic heterocycles. The quantitative estimate of drug-likeness (QED) is 0.826. The SMILES string of the molecule is CC(NC(=O)c1ccc2c(c1)CCCC2)c1ccc(N2CCCCC2)cc1. The first-order valence-corrected chi connectivity index (χ1v) is 10.5. The molecule has 1 amide bonds. The summed E-state index contributed by atoms with van der Waals surface area (Å²) in [6.07, 6.45) is 8.67. The van der Waals surface area contributed by atoms with Crippen molar-refractivity contribution in [2.24, 2.45) is 0 Å². The molecule has 2 aromatic carbocycles. The second kappa shape index (κ2) is 8.16. The Bertz CT molecular complexity index is 791. The highest BCUT2D eigenvalue weighted by molar-refractivity contribution is 5.94. The van der Waals surface area contributed by atoms with Crippen LogP contribution in [0.2, 0.25) is 0 Å². The van der Waals surface area contributed by atoms with Gasteiger partial charge in [0.1, 0.15) is 0 Å². The van der Waals surface area contributed by atoms with Crippen molar-refractivity contribution in [1.82, 2.24) is 5.32 Å². The van der Waals surface area contributed by atoms with E-state index in [2.05, 4.69) is 53.5 Å². The fourth-order valence-electron chi connectivity index (χ4n) is 4.36. The van der Waals surface area contributed by atoms with Crippen molar-refractivity contribution in [3.63, 3.8) is 0 Å². The predicted octanol–water partition coefficient (Wildman–Crippen LogP) is 5.05. The Morgan fingerprint density at radius 3 is 2.33 bits per heavy atom. The van der Waals surface area contributed by atoms with Gasteiger partial charge in [-0.1, -0.05) is 18.2 Å². The maximum Gasteiger partial charge on any atom is 0.251 e. The lowest BCUT2D eigenvalue weighted by molar-refractivity contribution is 0.0939. The minimum absolute atomic E-state index is 0.00365. The molecule has 1 aliphatic carbocycles. The molecule has 1 saturated heterocycles.